The molecule has 2 N–H and O–H groups in total. The van der Waals surface area contributed by atoms with Gasteiger partial charge in [-0.15, -0.1) is 16.4 Å². The van der Waals surface area contributed by atoms with Crippen LogP contribution in [0.25, 0.3) is 10.2 Å². The van der Waals surface area contributed by atoms with Crippen LogP contribution in [-0.4, -0.2) is 34.1 Å². The highest BCUT2D eigenvalue weighted by molar-refractivity contribution is 7.21. The van der Waals surface area contributed by atoms with E-state index in [-0.39, 0.29) is 11.3 Å². The zero-order valence-corrected chi connectivity index (χ0v) is 15.4. The molecule has 1 aliphatic heterocycles. The van der Waals surface area contributed by atoms with Gasteiger partial charge in [0, 0.05) is 23.9 Å². The van der Waals surface area contributed by atoms with E-state index in [1.165, 1.54) is 16.9 Å². The number of hydrogen-bond donors (Lipinski definition) is 1. The van der Waals surface area contributed by atoms with Gasteiger partial charge >= 0.3 is 0 Å². The average molecular weight is 352 g/mol. The number of anilines is 1. The molecule has 3 aromatic rings. The highest BCUT2D eigenvalue weighted by Crippen LogP contribution is 2.39. The topological polar surface area (TPSA) is 72.1 Å². The Balaban J connectivity index is 1.62. The number of hydrogen-bond acceptors (Lipinski definition) is 5. The minimum Gasteiger partial charge on any atom is -0.397 e. The molecular weight excluding hydrogens is 332 g/mol. The van der Waals surface area contributed by atoms with Gasteiger partial charge in [0.2, 0.25) is 0 Å². The summed E-state index contributed by atoms with van der Waals surface area (Å²) in [5, 5.41) is 9.21. The van der Waals surface area contributed by atoms with Crippen LogP contribution in [0.4, 0.5) is 5.69 Å². The molecule has 2 aromatic heterocycles. The van der Waals surface area contributed by atoms with Gasteiger partial charge in [-0.3, -0.25) is 4.79 Å². The van der Waals surface area contributed by atoms with Crippen LogP contribution in [0.2, 0.25) is 0 Å². The van der Waals surface area contributed by atoms with E-state index in [2.05, 4.69) is 29.3 Å². The van der Waals surface area contributed by atoms with Crippen molar-refractivity contribution in [1.82, 2.24) is 15.1 Å². The minimum atomic E-state index is -0.00837. The van der Waals surface area contributed by atoms with E-state index in [4.69, 9.17) is 5.73 Å². The molecule has 1 amide bonds. The Hall–Kier alpha value is -2.47. The smallest absolute Gasteiger partial charge is 0.266 e. The molecule has 6 heteroatoms. The van der Waals surface area contributed by atoms with Gasteiger partial charge in [0.25, 0.3) is 5.91 Å². The molecule has 1 aromatic carbocycles. The van der Waals surface area contributed by atoms with Gasteiger partial charge < -0.3 is 10.6 Å². The van der Waals surface area contributed by atoms with Crippen LogP contribution in [0.15, 0.2) is 30.3 Å². The molecule has 128 valence electrons. The van der Waals surface area contributed by atoms with Gasteiger partial charge in [-0.05, 0) is 25.0 Å². The predicted octanol–water partition coefficient (Wildman–Crippen LogP) is 3.30. The van der Waals surface area contributed by atoms with Crippen molar-refractivity contribution in [2.45, 2.75) is 26.2 Å². The minimum absolute atomic E-state index is 0.00837. The molecule has 1 aliphatic rings. The van der Waals surface area contributed by atoms with Crippen LogP contribution in [-0.2, 0) is 5.41 Å². The zero-order valence-electron chi connectivity index (χ0n) is 14.5. The van der Waals surface area contributed by atoms with Crippen LogP contribution in [0.5, 0.6) is 0 Å². The Bertz CT molecular complexity index is 974. The zero-order chi connectivity index (χ0) is 17.8. The standard InChI is InChI=1S/C19H20N4OS/c1-11-12(2)21-22-17-14(11)15(20)16(25-17)18(24)23-9-19(3,10-23)13-7-5-4-6-8-13/h4-8H,9-10,20H2,1-3H3. The van der Waals surface area contributed by atoms with Gasteiger partial charge in [-0.1, -0.05) is 37.3 Å². The van der Waals surface area contributed by atoms with E-state index in [9.17, 15) is 4.79 Å². The molecule has 0 radical (unpaired) electrons. The molecule has 0 spiro atoms. The molecule has 0 atom stereocenters. The first kappa shape index (κ1) is 16.0. The quantitative estimate of drug-likeness (QED) is 0.768. The lowest BCUT2D eigenvalue weighted by molar-refractivity contribution is 0.0439. The third-order valence-electron chi connectivity index (χ3n) is 5.17. The summed E-state index contributed by atoms with van der Waals surface area (Å²) in [6.07, 6.45) is 0. The van der Waals surface area contributed by atoms with Gasteiger partial charge in [0.05, 0.1) is 11.4 Å². The van der Waals surface area contributed by atoms with Crippen molar-refractivity contribution in [2.24, 2.45) is 0 Å². The maximum atomic E-state index is 12.9. The number of nitrogen functional groups attached to an aromatic ring is 1. The number of carbonyl (C=O) groups is 1. The number of nitrogens with zero attached hydrogens (tertiary/aromatic N) is 3. The molecule has 3 heterocycles. The third-order valence-corrected chi connectivity index (χ3v) is 6.24. The number of aryl methyl sites for hydroxylation is 2. The Morgan fingerprint density at radius 1 is 1.20 bits per heavy atom. The van der Waals surface area contributed by atoms with Gasteiger partial charge in [0.15, 0.2) is 0 Å². The fourth-order valence-corrected chi connectivity index (χ4v) is 4.57. The lowest BCUT2D eigenvalue weighted by Crippen LogP contribution is -2.59. The summed E-state index contributed by atoms with van der Waals surface area (Å²) in [5.74, 6) is -0.00837. The first-order valence-electron chi connectivity index (χ1n) is 8.27. The Kier molecular flexibility index (Phi) is 3.54. The first-order chi connectivity index (χ1) is 11.9. The van der Waals surface area contributed by atoms with E-state index < -0.39 is 0 Å². The SMILES string of the molecule is Cc1nnc2sc(C(=O)N3CC(C)(c4ccccc4)C3)c(N)c2c1C. The molecule has 4 rings (SSSR count). The van der Waals surface area contributed by atoms with Gasteiger partial charge in [0.1, 0.15) is 9.71 Å². The van der Waals surface area contributed by atoms with Crippen LogP contribution in [0.1, 0.15) is 33.4 Å². The number of thiophene rings is 1. The molecule has 1 fully saturated rings. The molecule has 25 heavy (non-hydrogen) atoms. The van der Waals surface area contributed by atoms with Crippen molar-refractivity contribution in [3.63, 3.8) is 0 Å². The summed E-state index contributed by atoms with van der Waals surface area (Å²) in [7, 11) is 0. The maximum absolute atomic E-state index is 12.9. The number of likely N-dealkylation sites (tertiary alicyclic amines) is 1. The van der Waals surface area contributed by atoms with E-state index in [1.807, 2.05) is 36.9 Å². The van der Waals surface area contributed by atoms with Crippen LogP contribution in [0.3, 0.4) is 0 Å². The Morgan fingerprint density at radius 2 is 1.88 bits per heavy atom. The second kappa shape index (κ2) is 5.52. The molecule has 0 bridgehead atoms. The van der Waals surface area contributed by atoms with Crippen molar-refractivity contribution in [2.75, 3.05) is 18.8 Å². The van der Waals surface area contributed by atoms with E-state index in [0.717, 1.165) is 21.5 Å². The summed E-state index contributed by atoms with van der Waals surface area (Å²) in [6.45, 7) is 7.47. The number of benzene rings is 1. The lowest BCUT2D eigenvalue weighted by atomic mass is 9.75. The van der Waals surface area contributed by atoms with Crippen LogP contribution < -0.4 is 5.73 Å². The second-order valence-corrected chi connectivity index (χ2v) is 8.02. The van der Waals surface area contributed by atoms with Crippen LogP contribution in [0, 0.1) is 13.8 Å². The summed E-state index contributed by atoms with van der Waals surface area (Å²) < 4.78 is 0. The third kappa shape index (κ3) is 2.40. The second-order valence-electron chi connectivity index (χ2n) is 7.02. The number of carbonyl (C=O) groups excluding carboxylic acids is 1. The summed E-state index contributed by atoms with van der Waals surface area (Å²) in [6, 6.07) is 10.3. The lowest BCUT2D eigenvalue weighted by Gasteiger charge is -2.48. The van der Waals surface area contributed by atoms with Crippen molar-refractivity contribution in [3.8, 4) is 0 Å². The van der Waals surface area contributed by atoms with Crippen molar-refractivity contribution < 1.29 is 4.79 Å². The molecule has 0 saturated carbocycles. The van der Waals surface area contributed by atoms with E-state index in [0.29, 0.717) is 23.7 Å². The number of aromatic nitrogens is 2. The molecule has 0 aliphatic carbocycles. The van der Waals surface area contributed by atoms with Crippen molar-refractivity contribution >= 4 is 33.1 Å². The Morgan fingerprint density at radius 3 is 2.56 bits per heavy atom. The monoisotopic (exact) mass is 352 g/mol. The molecule has 1 saturated heterocycles. The van der Waals surface area contributed by atoms with E-state index in [1.54, 1.807) is 0 Å². The Labute approximate surface area is 150 Å². The first-order valence-corrected chi connectivity index (χ1v) is 9.09. The molecule has 5 nitrogen and oxygen atoms in total. The van der Waals surface area contributed by atoms with E-state index >= 15 is 0 Å². The van der Waals surface area contributed by atoms with Gasteiger partial charge in [-0.2, -0.15) is 5.10 Å². The van der Waals surface area contributed by atoms with Crippen LogP contribution >= 0.6 is 11.3 Å². The predicted molar refractivity (Wildman–Crippen MR) is 101 cm³/mol. The maximum Gasteiger partial charge on any atom is 0.266 e. The summed E-state index contributed by atoms with van der Waals surface area (Å²) >= 11 is 1.34. The van der Waals surface area contributed by atoms with Gasteiger partial charge in [-0.25, -0.2) is 0 Å². The largest absolute Gasteiger partial charge is 0.397 e. The molecule has 0 unspecified atom stereocenters. The normalized spacial score (nSPS) is 16.0. The summed E-state index contributed by atoms with van der Waals surface area (Å²) in [4.78, 5) is 16.1. The highest BCUT2D eigenvalue weighted by atomic mass is 32.1. The highest BCUT2D eigenvalue weighted by Gasteiger charge is 2.43. The molecular formula is C19H20N4OS. The van der Waals surface area contributed by atoms with Crippen molar-refractivity contribution in [1.29, 1.82) is 0 Å². The number of amides is 1. The fraction of sp³-hybridized carbons (Fsp3) is 0.316. The van der Waals surface area contributed by atoms with Crippen molar-refractivity contribution in [3.05, 3.63) is 52.0 Å². The number of rotatable bonds is 2. The average Bonchev–Trinajstić information content (AvgIpc) is 2.93. The number of fused-ring (bicyclic) bond motifs is 1. The summed E-state index contributed by atoms with van der Waals surface area (Å²) in [5.41, 5.74) is 9.95. The fourth-order valence-electron chi connectivity index (χ4n) is 3.51. The number of nitrogens with two attached hydrogens (primary N) is 1.